The molecule has 0 saturated heterocycles. The number of hydrogen-bond acceptors (Lipinski definition) is 4. The molecule has 0 saturated carbocycles. The summed E-state index contributed by atoms with van der Waals surface area (Å²) in [6.45, 7) is 0. The molecule has 0 amide bonds. The van der Waals surface area contributed by atoms with Gasteiger partial charge in [-0.05, 0) is 11.6 Å². The highest BCUT2D eigenvalue weighted by molar-refractivity contribution is 7.89. The summed E-state index contributed by atoms with van der Waals surface area (Å²) in [5.41, 5.74) is 11.9. The van der Waals surface area contributed by atoms with Crippen molar-refractivity contribution in [2.75, 3.05) is 0 Å². The first kappa shape index (κ1) is 12.6. The Hall–Kier alpha value is -1.44. The van der Waals surface area contributed by atoms with E-state index in [1.807, 2.05) is 0 Å². The minimum Gasteiger partial charge on any atom is -0.384 e. The average molecular weight is 242 g/mol. The lowest BCUT2D eigenvalue weighted by molar-refractivity contribution is 0.581. The van der Waals surface area contributed by atoms with Crippen molar-refractivity contribution >= 4 is 15.9 Å². The van der Waals surface area contributed by atoms with Gasteiger partial charge in [0, 0.05) is 12.0 Å². The maximum Gasteiger partial charge on any atom is 0.225 e. The highest BCUT2D eigenvalue weighted by Gasteiger charge is 2.16. The Labute approximate surface area is 94.0 Å². The molecule has 16 heavy (non-hydrogen) atoms. The Morgan fingerprint density at radius 1 is 1.44 bits per heavy atom. The highest BCUT2D eigenvalue weighted by Crippen LogP contribution is 2.08. The van der Waals surface area contributed by atoms with Crippen molar-refractivity contribution in [2.24, 2.45) is 16.6 Å². The van der Waals surface area contributed by atoms with Gasteiger partial charge in [0.05, 0.1) is 0 Å². The Morgan fingerprint density at radius 2 is 2.06 bits per heavy atom. The van der Waals surface area contributed by atoms with E-state index in [0.29, 0.717) is 11.1 Å². The van der Waals surface area contributed by atoms with E-state index in [9.17, 15) is 8.42 Å². The summed E-state index contributed by atoms with van der Waals surface area (Å²) in [6, 6.07) is 6.67. The van der Waals surface area contributed by atoms with Crippen molar-refractivity contribution in [3.05, 3.63) is 35.4 Å². The SMILES string of the molecule is N=C(N)c1cccc(C[C@H](N)S(N)(=O)=O)c1. The lowest BCUT2D eigenvalue weighted by atomic mass is 10.1. The van der Waals surface area contributed by atoms with Gasteiger partial charge in [-0.2, -0.15) is 0 Å². The largest absolute Gasteiger partial charge is 0.384 e. The van der Waals surface area contributed by atoms with Crippen LogP contribution < -0.4 is 16.6 Å². The summed E-state index contributed by atoms with van der Waals surface area (Å²) in [4.78, 5) is 0. The summed E-state index contributed by atoms with van der Waals surface area (Å²) in [7, 11) is -3.74. The molecule has 0 bridgehead atoms. The second-order valence-corrected chi connectivity index (χ2v) is 5.23. The van der Waals surface area contributed by atoms with Gasteiger partial charge in [0.1, 0.15) is 11.2 Å². The molecule has 1 rings (SSSR count). The molecule has 0 aliphatic heterocycles. The van der Waals surface area contributed by atoms with Gasteiger partial charge in [-0.3, -0.25) is 5.41 Å². The average Bonchev–Trinajstić information content (AvgIpc) is 2.16. The summed E-state index contributed by atoms with van der Waals surface area (Å²) in [5, 5.41) is 11.0. The van der Waals surface area contributed by atoms with Crippen molar-refractivity contribution in [3.63, 3.8) is 0 Å². The summed E-state index contributed by atoms with van der Waals surface area (Å²) in [6.07, 6.45) is 0.0972. The standard InChI is InChI=1S/C9H14N4O2S/c10-8(16(13,14)15)5-6-2-1-3-7(4-6)9(11)12/h1-4,8H,5,10H2,(H3,11,12)(H2,13,14,15)/t8-/m1/s1. The molecule has 6 nitrogen and oxygen atoms in total. The van der Waals surface area contributed by atoms with E-state index in [2.05, 4.69) is 0 Å². The van der Waals surface area contributed by atoms with Crippen LogP contribution in [-0.2, 0) is 16.4 Å². The van der Waals surface area contributed by atoms with Crippen LogP contribution in [0.1, 0.15) is 11.1 Å². The molecule has 1 atom stereocenters. The van der Waals surface area contributed by atoms with Crippen molar-refractivity contribution in [3.8, 4) is 0 Å². The van der Waals surface area contributed by atoms with Gasteiger partial charge in [0.25, 0.3) is 0 Å². The lowest BCUT2D eigenvalue weighted by Gasteiger charge is -2.09. The number of nitrogens with two attached hydrogens (primary N) is 3. The Balaban J connectivity index is 2.90. The van der Waals surface area contributed by atoms with E-state index < -0.39 is 15.4 Å². The van der Waals surface area contributed by atoms with Crippen LogP contribution in [0.25, 0.3) is 0 Å². The number of amidine groups is 1. The zero-order valence-corrected chi connectivity index (χ0v) is 9.37. The Kier molecular flexibility index (Phi) is 3.63. The fourth-order valence-electron chi connectivity index (χ4n) is 1.21. The molecule has 7 N–H and O–H groups in total. The van der Waals surface area contributed by atoms with Crippen LogP contribution in [-0.4, -0.2) is 19.6 Å². The van der Waals surface area contributed by atoms with Crippen molar-refractivity contribution < 1.29 is 8.42 Å². The maximum absolute atomic E-state index is 10.9. The number of rotatable bonds is 4. The van der Waals surface area contributed by atoms with E-state index in [4.69, 9.17) is 22.0 Å². The molecular formula is C9H14N4O2S. The highest BCUT2D eigenvalue weighted by atomic mass is 32.2. The molecular weight excluding hydrogens is 228 g/mol. The van der Waals surface area contributed by atoms with Crippen molar-refractivity contribution in [2.45, 2.75) is 11.8 Å². The van der Waals surface area contributed by atoms with Gasteiger partial charge in [-0.1, -0.05) is 18.2 Å². The number of nitrogens with one attached hydrogen (secondary N) is 1. The van der Waals surface area contributed by atoms with Gasteiger partial charge in [0.15, 0.2) is 0 Å². The third-order valence-corrected chi connectivity index (χ3v) is 3.11. The first-order chi connectivity index (χ1) is 7.30. The third-order valence-electron chi connectivity index (χ3n) is 2.10. The van der Waals surface area contributed by atoms with Gasteiger partial charge in [0.2, 0.25) is 10.0 Å². The van der Waals surface area contributed by atoms with E-state index in [-0.39, 0.29) is 12.3 Å². The van der Waals surface area contributed by atoms with E-state index >= 15 is 0 Å². The molecule has 0 heterocycles. The molecule has 0 aliphatic rings. The molecule has 0 unspecified atom stereocenters. The van der Waals surface area contributed by atoms with Crippen molar-refractivity contribution in [1.82, 2.24) is 0 Å². The zero-order valence-electron chi connectivity index (χ0n) is 8.55. The third kappa shape index (κ3) is 3.30. The number of sulfonamides is 1. The van der Waals surface area contributed by atoms with Crippen LogP contribution in [0.4, 0.5) is 0 Å². The fourth-order valence-corrected chi connectivity index (χ4v) is 1.64. The first-order valence-corrected chi connectivity index (χ1v) is 6.12. The van der Waals surface area contributed by atoms with E-state index in [1.54, 1.807) is 24.3 Å². The number of primary sulfonamides is 1. The molecule has 0 spiro atoms. The second kappa shape index (κ2) is 4.60. The number of hydrogen-bond donors (Lipinski definition) is 4. The first-order valence-electron chi connectivity index (χ1n) is 4.51. The van der Waals surface area contributed by atoms with Gasteiger partial charge < -0.3 is 11.5 Å². The molecule has 0 radical (unpaired) electrons. The fraction of sp³-hybridized carbons (Fsp3) is 0.222. The molecule has 7 heteroatoms. The van der Waals surface area contributed by atoms with E-state index in [1.165, 1.54) is 0 Å². The summed E-state index contributed by atoms with van der Waals surface area (Å²) in [5.74, 6) is -0.0778. The summed E-state index contributed by atoms with van der Waals surface area (Å²) < 4.78 is 21.9. The van der Waals surface area contributed by atoms with Crippen molar-refractivity contribution in [1.29, 1.82) is 5.41 Å². The van der Waals surface area contributed by atoms with Gasteiger partial charge >= 0.3 is 0 Å². The van der Waals surface area contributed by atoms with Crippen LogP contribution in [0.2, 0.25) is 0 Å². The van der Waals surface area contributed by atoms with Crippen LogP contribution in [0.15, 0.2) is 24.3 Å². The van der Waals surface area contributed by atoms with Gasteiger partial charge in [-0.15, -0.1) is 0 Å². The summed E-state index contributed by atoms with van der Waals surface area (Å²) >= 11 is 0. The maximum atomic E-state index is 10.9. The van der Waals surface area contributed by atoms with Crippen LogP contribution in [0.5, 0.6) is 0 Å². The minimum atomic E-state index is -3.74. The topological polar surface area (TPSA) is 136 Å². The monoisotopic (exact) mass is 242 g/mol. The molecule has 0 aromatic heterocycles. The molecule has 1 aromatic carbocycles. The predicted molar refractivity (Wildman–Crippen MR) is 62.2 cm³/mol. The molecule has 1 aromatic rings. The zero-order chi connectivity index (χ0) is 12.3. The Morgan fingerprint density at radius 3 is 2.56 bits per heavy atom. The normalized spacial score (nSPS) is 13.4. The van der Waals surface area contributed by atoms with Crippen LogP contribution >= 0.6 is 0 Å². The minimum absolute atomic E-state index is 0.0778. The Bertz CT molecular complexity index is 498. The lowest BCUT2D eigenvalue weighted by Crippen LogP contribution is -2.37. The molecule has 88 valence electrons. The number of benzene rings is 1. The smallest absolute Gasteiger partial charge is 0.225 e. The van der Waals surface area contributed by atoms with Crippen LogP contribution in [0.3, 0.4) is 0 Å². The predicted octanol–water partition coefficient (Wildman–Crippen LogP) is -0.914. The number of nitrogen functional groups attached to an aromatic ring is 1. The van der Waals surface area contributed by atoms with E-state index in [0.717, 1.165) is 0 Å². The van der Waals surface area contributed by atoms with Crippen LogP contribution in [0, 0.1) is 5.41 Å². The molecule has 0 aliphatic carbocycles. The van der Waals surface area contributed by atoms with Gasteiger partial charge in [-0.25, -0.2) is 13.6 Å². The quantitative estimate of drug-likeness (QED) is 0.401. The second-order valence-electron chi connectivity index (χ2n) is 3.45. The molecule has 0 fully saturated rings.